The summed E-state index contributed by atoms with van der Waals surface area (Å²) in [6, 6.07) is 12.8. The maximum absolute atomic E-state index is 4.42. The van der Waals surface area contributed by atoms with Crippen LogP contribution in [0.4, 0.5) is 0 Å². The molecule has 3 aromatic rings. The predicted octanol–water partition coefficient (Wildman–Crippen LogP) is 3.65. The van der Waals surface area contributed by atoms with Crippen LogP contribution in [0.2, 0.25) is 0 Å². The molecule has 0 bridgehead atoms. The van der Waals surface area contributed by atoms with Crippen LogP contribution in [0.25, 0.3) is 5.69 Å². The van der Waals surface area contributed by atoms with Gasteiger partial charge in [-0.2, -0.15) is 16.4 Å². The minimum atomic E-state index is 0.458. The van der Waals surface area contributed by atoms with Gasteiger partial charge in [-0.15, -0.1) is 0 Å². The molecule has 2 heterocycles. The first-order valence-electron chi connectivity index (χ1n) is 7.15. The zero-order valence-electron chi connectivity index (χ0n) is 12.1. The molecule has 2 aromatic heterocycles. The largest absolute Gasteiger partial charge is 0.310 e. The van der Waals surface area contributed by atoms with Crippen LogP contribution in [0.15, 0.2) is 59.6 Å². The Labute approximate surface area is 129 Å². The third-order valence-electron chi connectivity index (χ3n) is 3.43. The smallest absolute Gasteiger partial charge is 0.0645 e. The second-order valence-corrected chi connectivity index (χ2v) is 6.03. The van der Waals surface area contributed by atoms with E-state index in [1.807, 2.05) is 29.1 Å². The van der Waals surface area contributed by atoms with Crippen LogP contribution >= 0.6 is 11.3 Å². The van der Waals surface area contributed by atoms with Gasteiger partial charge in [-0.3, -0.25) is 0 Å². The lowest BCUT2D eigenvalue weighted by molar-refractivity contribution is 0.546. The normalized spacial score (nSPS) is 12.4. The molecule has 0 fully saturated rings. The van der Waals surface area contributed by atoms with Crippen LogP contribution in [0.3, 0.4) is 0 Å². The van der Waals surface area contributed by atoms with Gasteiger partial charge in [-0.25, -0.2) is 4.68 Å². The van der Waals surface area contributed by atoms with Gasteiger partial charge in [-0.1, -0.05) is 18.2 Å². The third kappa shape index (κ3) is 3.80. The van der Waals surface area contributed by atoms with Crippen LogP contribution in [-0.2, 0) is 13.0 Å². The van der Waals surface area contributed by atoms with E-state index in [2.05, 4.69) is 52.5 Å². The molecule has 0 aliphatic carbocycles. The van der Waals surface area contributed by atoms with Gasteiger partial charge in [0.25, 0.3) is 0 Å². The molecule has 0 aliphatic heterocycles. The zero-order valence-corrected chi connectivity index (χ0v) is 12.9. The van der Waals surface area contributed by atoms with Gasteiger partial charge < -0.3 is 5.32 Å². The summed E-state index contributed by atoms with van der Waals surface area (Å²) >= 11 is 1.76. The molecule has 0 saturated carbocycles. The van der Waals surface area contributed by atoms with Crippen molar-refractivity contribution in [2.24, 2.45) is 0 Å². The van der Waals surface area contributed by atoms with E-state index in [1.54, 1.807) is 11.3 Å². The summed E-state index contributed by atoms with van der Waals surface area (Å²) in [7, 11) is 0. The summed E-state index contributed by atoms with van der Waals surface area (Å²) in [5.41, 5.74) is 3.70. The van der Waals surface area contributed by atoms with Gasteiger partial charge in [0.05, 0.1) is 11.9 Å². The molecule has 3 rings (SSSR count). The number of nitrogens with zero attached hydrogens (tertiary/aromatic N) is 2. The number of hydrogen-bond donors (Lipinski definition) is 1. The van der Waals surface area contributed by atoms with E-state index in [4.69, 9.17) is 0 Å². The standard InChI is InChI=1S/C17H19N3S/c1-14(9-15-7-8-21-13-15)18-10-16-11-19-20(12-16)17-5-3-2-4-6-17/h2-8,11-14,18H,9-10H2,1H3. The first kappa shape index (κ1) is 14.0. The lowest BCUT2D eigenvalue weighted by Gasteiger charge is -2.11. The number of thiophene rings is 1. The Morgan fingerprint density at radius 1 is 1.19 bits per heavy atom. The summed E-state index contributed by atoms with van der Waals surface area (Å²) in [5.74, 6) is 0. The molecule has 1 unspecified atom stereocenters. The highest BCUT2D eigenvalue weighted by Crippen LogP contribution is 2.10. The monoisotopic (exact) mass is 297 g/mol. The van der Waals surface area contributed by atoms with Gasteiger partial charge in [-0.05, 0) is 47.9 Å². The van der Waals surface area contributed by atoms with Crippen LogP contribution in [0.5, 0.6) is 0 Å². The Morgan fingerprint density at radius 2 is 2.05 bits per heavy atom. The Balaban J connectivity index is 1.55. The molecule has 1 atom stereocenters. The van der Waals surface area contributed by atoms with Crippen LogP contribution in [0.1, 0.15) is 18.1 Å². The molecule has 108 valence electrons. The molecule has 0 saturated heterocycles. The summed E-state index contributed by atoms with van der Waals surface area (Å²) in [6.07, 6.45) is 5.08. The van der Waals surface area contributed by atoms with Crippen LogP contribution in [0, 0.1) is 0 Å². The van der Waals surface area contributed by atoms with Gasteiger partial charge in [0.15, 0.2) is 0 Å². The minimum Gasteiger partial charge on any atom is -0.310 e. The minimum absolute atomic E-state index is 0.458. The van der Waals surface area contributed by atoms with E-state index in [-0.39, 0.29) is 0 Å². The Morgan fingerprint density at radius 3 is 2.81 bits per heavy atom. The molecule has 0 amide bonds. The van der Waals surface area contributed by atoms with Gasteiger partial charge in [0.2, 0.25) is 0 Å². The number of nitrogens with one attached hydrogen (secondary N) is 1. The Bertz CT molecular complexity index is 658. The topological polar surface area (TPSA) is 29.9 Å². The average molecular weight is 297 g/mol. The first-order valence-corrected chi connectivity index (χ1v) is 8.09. The second-order valence-electron chi connectivity index (χ2n) is 5.25. The maximum Gasteiger partial charge on any atom is 0.0645 e. The van der Waals surface area contributed by atoms with E-state index < -0.39 is 0 Å². The quantitative estimate of drug-likeness (QED) is 0.752. The van der Waals surface area contributed by atoms with Gasteiger partial charge in [0, 0.05) is 24.3 Å². The van der Waals surface area contributed by atoms with E-state index in [9.17, 15) is 0 Å². The van der Waals surface area contributed by atoms with Crippen molar-refractivity contribution >= 4 is 11.3 Å². The summed E-state index contributed by atoms with van der Waals surface area (Å²) in [6.45, 7) is 3.07. The van der Waals surface area contributed by atoms with E-state index in [0.29, 0.717) is 6.04 Å². The summed E-state index contributed by atoms with van der Waals surface area (Å²) in [5, 5.41) is 12.3. The van der Waals surface area contributed by atoms with Crippen molar-refractivity contribution < 1.29 is 0 Å². The number of hydrogen-bond acceptors (Lipinski definition) is 3. The molecular formula is C17H19N3S. The van der Waals surface area contributed by atoms with E-state index >= 15 is 0 Å². The van der Waals surface area contributed by atoms with Crippen molar-refractivity contribution in [2.75, 3.05) is 0 Å². The molecule has 0 radical (unpaired) electrons. The fourth-order valence-electron chi connectivity index (χ4n) is 2.30. The van der Waals surface area contributed by atoms with Crippen molar-refractivity contribution in [3.63, 3.8) is 0 Å². The van der Waals surface area contributed by atoms with Crippen LogP contribution in [-0.4, -0.2) is 15.8 Å². The molecule has 4 heteroatoms. The lowest BCUT2D eigenvalue weighted by atomic mass is 10.1. The van der Waals surface area contributed by atoms with Crippen molar-refractivity contribution in [2.45, 2.75) is 25.9 Å². The Hall–Kier alpha value is -1.91. The van der Waals surface area contributed by atoms with E-state index in [1.165, 1.54) is 11.1 Å². The first-order chi connectivity index (χ1) is 10.3. The SMILES string of the molecule is CC(Cc1ccsc1)NCc1cnn(-c2ccccc2)c1. The molecule has 3 nitrogen and oxygen atoms in total. The molecule has 1 N–H and O–H groups in total. The third-order valence-corrected chi connectivity index (χ3v) is 4.17. The number of aromatic nitrogens is 2. The highest BCUT2D eigenvalue weighted by atomic mass is 32.1. The highest BCUT2D eigenvalue weighted by Gasteiger charge is 2.05. The number of benzene rings is 1. The number of para-hydroxylation sites is 1. The molecule has 0 aliphatic rings. The van der Waals surface area contributed by atoms with Crippen LogP contribution < -0.4 is 5.32 Å². The maximum atomic E-state index is 4.42. The fraction of sp³-hybridized carbons (Fsp3) is 0.235. The number of rotatable bonds is 6. The van der Waals surface area contributed by atoms with E-state index in [0.717, 1.165) is 18.7 Å². The van der Waals surface area contributed by atoms with Crippen molar-refractivity contribution in [3.05, 3.63) is 70.7 Å². The Kier molecular flexibility index (Phi) is 4.48. The summed E-state index contributed by atoms with van der Waals surface area (Å²) < 4.78 is 1.92. The second kappa shape index (κ2) is 6.70. The van der Waals surface area contributed by atoms with Gasteiger partial charge in [0.1, 0.15) is 0 Å². The fourth-order valence-corrected chi connectivity index (χ4v) is 2.98. The molecular weight excluding hydrogens is 278 g/mol. The van der Waals surface area contributed by atoms with Crippen molar-refractivity contribution in [1.29, 1.82) is 0 Å². The summed E-state index contributed by atoms with van der Waals surface area (Å²) in [4.78, 5) is 0. The molecule has 0 spiro atoms. The highest BCUT2D eigenvalue weighted by molar-refractivity contribution is 7.07. The lowest BCUT2D eigenvalue weighted by Crippen LogP contribution is -2.27. The molecule has 1 aromatic carbocycles. The zero-order chi connectivity index (χ0) is 14.5. The predicted molar refractivity (Wildman–Crippen MR) is 87.9 cm³/mol. The molecule has 21 heavy (non-hydrogen) atoms. The van der Waals surface area contributed by atoms with Gasteiger partial charge >= 0.3 is 0 Å². The van der Waals surface area contributed by atoms with Crippen molar-refractivity contribution in [3.8, 4) is 5.69 Å². The average Bonchev–Trinajstić information content (AvgIpc) is 3.17. The van der Waals surface area contributed by atoms with Crippen molar-refractivity contribution in [1.82, 2.24) is 15.1 Å².